The lowest BCUT2D eigenvalue weighted by atomic mass is 10.1. The van der Waals surface area contributed by atoms with Gasteiger partial charge in [0, 0.05) is 30.4 Å². The van der Waals surface area contributed by atoms with Crippen LogP contribution in [0.5, 0.6) is 5.75 Å². The number of hydrogen-bond donors (Lipinski definition) is 0. The minimum absolute atomic E-state index is 0.0991. The second-order valence-electron chi connectivity index (χ2n) is 11.9. The smallest absolute Gasteiger partial charge is 0.374 e. The Morgan fingerprint density at radius 3 is 2.04 bits per heavy atom. The summed E-state index contributed by atoms with van der Waals surface area (Å²) in [7, 11) is -8.93. The van der Waals surface area contributed by atoms with Gasteiger partial charge in [0.1, 0.15) is 0 Å². The van der Waals surface area contributed by atoms with Crippen molar-refractivity contribution in [2.45, 2.75) is 57.1 Å². The lowest BCUT2D eigenvalue weighted by molar-refractivity contribution is -0.678. The number of nitrogens with zero attached hydrogens (tertiary/aromatic N) is 2. The summed E-state index contributed by atoms with van der Waals surface area (Å²) < 4.78 is 84.8. The molecular weight excluding hydrogens is 641 g/mol. The summed E-state index contributed by atoms with van der Waals surface area (Å²) in [6.45, 7) is 5.25. The normalized spacial score (nSPS) is 16.2. The minimum Gasteiger partial charge on any atom is -0.748 e. The van der Waals surface area contributed by atoms with E-state index in [1.54, 1.807) is 0 Å². The first kappa shape index (κ1) is 32.7. The van der Waals surface area contributed by atoms with E-state index in [1.807, 2.05) is 101 Å². The van der Waals surface area contributed by atoms with Gasteiger partial charge in [-0.25, -0.2) is 16.8 Å². The summed E-state index contributed by atoms with van der Waals surface area (Å²) in [5, 5.41) is 1.78. The van der Waals surface area contributed by atoms with Crippen molar-refractivity contribution in [3.8, 4) is 5.75 Å². The first-order valence-electron chi connectivity index (χ1n) is 15.5. The summed E-state index contributed by atoms with van der Waals surface area (Å²) in [4.78, 5) is 1.88. The number of fused-ring (bicyclic) bond motifs is 4. The molecule has 2 unspecified atom stereocenters. The Morgan fingerprint density at radius 2 is 1.43 bits per heavy atom. The van der Waals surface area contributed by atoms with Crippen LogP contribution in [0.4, 0.5) is 5.69 Å². The third kappa shape index (κ3) is 6.91. The SMILES string of the molecule is CCC(/C=C1\Oc2cc3ccccc3cc2N1CCC(C)S(=O)(=O)[O-])=C\c1oc2cc3ccccc3cc2[n+]1CCC(C)S(=O)(=O)[O-]. The van der Waals surface area contributed by atoms with Gasteiger partial charge in [0.15, 0.2) is 12.3 Å². The lowest BCUT2D eigenvalue weighted by Gasteiger charge is -2.22. The number of allylic oxidation sites excluding steroid dienone is 2. The van der Waals surface area contributed by atoms with Gasteiger partial charge in [-0.2, -0.15) is 4.57 Å². The quantitative estimate of drug-likeness (QED) is 0.118. The van der Waals surface area contributed by atoms with E-state index in [-0.39, 0.29) is 25.9 Å². The van der Waals surface area contributed by atoms with E-state index < -0.39 is 30.7 Å². The Kier molecular flexibility index (Phi) is 8.88. The van der Waals surface area contributed by atoms with Gasteiger partial charge in [-0.1, -0.05) is 55.5 Å². The third-order valence-electron chi connectivity index (χ3n) is 8.73. The van der Waals surface area contributed by atoms with Gasteiger partial charge in [0.25, 0.3) is 5.52 Å². The van der Waals surface area contributed by atoms with E-state index in [9.17, 15) is 25.9 Å². The van der Waals surface area contributed by atoms with Crippen LogP contribution in [-0.2, 0) is 26.8 Å². The van der Waals surface area contributed by atoms with Crippen molar-refractivity contribution in [1.29, 1.82) is 0 Å². The molecule has 0 spiro atoms. The van der Waals surface area contributed by atoms with Crippen LogP contribution in [0.25, 0.3) is 38.7 Å². The molecule has 0 aliphatic carbocycles. The van der Waals surface area contributed by atoms with E-state index >= 15 is 0 Å². The summed E-state index contributed by atoms with van der Waals surface area (Å²) >= 11 is 0. The number of aryl methyl sites for hydroxylation is 1. The van der Waals surface area contributed by atoms with E-state index in [4.69, 9.17) is 9.15 Å². The highest BCUT2D eigenvalue weighted by Crippen LogP contribution is 2.42. The number of ether oxygens (including phenoxy) is 1. The molecule has 4 aromatic carbocycles. The Morgan fingerprint density at radius 1 is 0.851 bits per heavy atom. The molecule has 10 nitrogen and oxygen atoms in total. The molecule has 2 heterocycles. The number of hydrogen-bond acceptors (Lipinski definition) is 9. The predicted octanol–water partition coefficient (Wildman–Crippen LogP) is 6.21. The molecule has 0 saturated heterocycles. The predicted molar refractivity (Wildman–Crippen MR) is 180 cm³/mol. The maximum absolute atomic E-state index is 11.7. The Labute approximate surface area is 274 Å². The highest BCUT2D eigenvalue weighted by atomic mass is 32.2. The number of anilines is 1. The molecular formula is C35H35N2O8S2-. The van der Waals surface area contributed by atoms with Gasteiger partial charge >= 0.3 is 5.89 Å². The molecule has 0 bridgehead atoms. The maximum atomic E-state index is 11.7. The molecule has 0 fully saturated rings. The van der Waals surface area contributed by atoms with Gasteiger partial charge in [0.05, 0.1) is 37.2 Å². The lowest BCUT2D eigenvalue weighted by Crippen LogP contribution is -2.37. The van der Waals surface area contributed by atoms with Gasteiger partial charge in [-0.15, -0.1) is 0 Å². The van der Waals surface area contributed by atoms with Crippen molar-refractivity contribution in [1.82, 2.24) is 0 Å². The van der Waals surface area contributed by atoms with Crippen LogP contribution >= 0.6 is 0 Å². The van der Waals surface area contributed by atoms with Gasteiger partial charge in [-0.3, -0.25) is 0 Å². The van der Waals surface area contributed by atoms with Crippen molar-refractivity contribution in [2.75, 3.05) is 11.4 Å². The zero-order valence-electron chi connectivity index (χ0n) is 26.3. The van der Waals surface area contributed by atoms with Crippen LogP contribution in [0.3, 0.4) is 0 Å². The number of rotatable bonds is 11. The van der Waals surface area contributed by atoms with Crippen molar-refractivity contribution in [2.24, 2.45) is 0 Å². The molecule has 1 aliphatic heterocycles. The monoisotopic (exact) mass is 675 g/mol. The molecule has 47 heavy (non-hydrogen) atoms. The fraction of sp³-hybridized carbons (Fsp3) is 0.286. The first-order chi connectivity index (χ1) is 22.3. The van der Waals surface area contributed by atoms with Crippen LogP contribution < -0.4 is 14.2 Å². The fourth-order valence-corrected chi connectivity index (χ4v) is 6.51. The Bertz CT molecular complexity index is 2270. The van der Waals surface area contributed by atoms with E-state index in [2.05, 4.69) is 0 Å². The van der Waals surface area contributed by atoms with Gasteiger partial charge in [-0.05, 0) is 72.0 Å². The van der Waals surface area contributed by atoms with Crippen molar-refractivity contribution in [3.63, 3.8) is 0 Å². The van der Waals surface area contributed by atoms with E-state index in [0.29, 0.717) is 29.5 Å². The van der Waals surface area contributed by atoms with Crippen LogP contribution in [-0.4, -0.2) is 43.0 Å². The number of oxazole rings is 1. The highest BCUT2D eigenvalue weighted by molar-refractivity contribution is 7.86. The number of aromatic nitrogens is 1. The molecule has 0 amide bonds. The second kappa shape index (κ2) is 12.8. The molecule has 246 valence electrons. The van der Waals surface area contributed by atoms with Crippen molar-refractivity contribution >= 4 is 64.6 Å². The van der Waals surface area contributed by atoms with Crippen molar-refractivity contribution in [3.05, 3.63) is 96.2 Å². The third-order valence-corrected chi connectivity index (χ3v) is 11.2. The van der Waals surface area contributed by atoms with Gasteiger partial charge in [0.2, 0.25) is 11.5 Å². The average Bonchev–Trinajstić information content (AvgIpc) is 3.53. The largest absolute Gasteiger partial charge is 0.748 e. The zero-order chi connectivity index (χ0) is 33.5. The summed E-state index contributed by atoms with van der Waals surface area (Å²) in [5.74, 6) is 1.55. The molecule has 2 atom stereocenters. The van der Waals surface area contributed by atoms with Crippen LogP contribution in [0, 0.1) is 0 Å². The summed E-state index contributed by atoms with van der Waals surface area (Å²) in [5.41, 5.74) is 2.95. The van der Waals surface area contributed by atoms with Crippen LogP contribution in [0.15, 0.2) is 94.7 Å². The standard InChI is InChI=1S/C35H36N2O8S2/c1-4-25(17-34-36(15-13-23(2)46(38,39)40)30-19-26-9-5-7-11-28(26)21-32(30)44-34)18-35-37(16-14-24(3)47(41,42)43)31-20-27-10-6-8-12-29(27)22-33(31)45-35/h5-12,17-24H,4,13-16H2,1-3H3,(H-,38,39,40,41,42,43)/p-1. The van der Waals surface area contributed by atoms with Crippen LogP contribution in [0.1, 0.15) is 45.9 Å². The fourth-order valence-electron chi connectivity index (χ4n) is 5.72. The Hall–Kier alpha value is -4.23. The summed E-state index contributed by atoms with van der Waals surface area (Å²) in [6, 6.07) is 23.5. The highest BCUT2D eigenvalue weighted by Gasteiger charge is 2.29. The van der Waals surface area contributed by atoms with E-state index in [0.717, 1.165) is 38.3 Å². The van der Waals surface area contributed by atoms with E-state index in [1.165, 1.54) is 13.8 Å². The Balaban J connectivity index is 1.43. The molecule has 1 aromatic heterocycles. The molecule has 0 saturated carbocycles. The molecule has 6 rings (SSSR count). The van der Waals surface area contributed by atoms with Crippen molar-refractivity contribution < 1.29 is 39.7 Å². The second-order valence-corrected chi connectivity index (χ2v) is 15.5. The first-order valence-corrected chi connectivity index (χ1v) is 18.4. The average molecular weight is 676 g/mol. The summed E-state index contributed by atoms with van der Waals surface area (Å²) in [6.07, 6.45) is 4.48. The minimum atomic E-state index is -4.47. The molecule has 1 aliphatic rings. The molecule has 12 heteroatoms. The topological polar surface area (TPSA) is 144 Å². The zero-order valence-corrected chi connectivity index (χ0v) is 27.9. The molecule has 0 radical (unpaired) electrons. The molecule has 0 N–H and O–H groups in total. The van der Waals surface area contributed by atoms with Gasteiger partial charge < -0.3 is 23.2 Å². The molecule has 5 aromatic rings. The number of benzene rings is 4. The maximum Gasteiger partial charge on any atom is 0.374 e. The van der Waals surface area contributed by atoms with Crippen LogP contribution in [0.2, 0.25) is 0 Å².